The highest BCUT2D eigenvalue weighted by atomic mass is 16.6. The van der Waals surface area contributed by atoms with Crippen molar-refractivity contribution >= 4 is 17.9 Å². The number of hydrogen-bond donors (Lipinski definition) is 0. The summed E-state index contributed by atoms with van der Waals surface area (Å²) in [5.74, 6) is -1.01. The van der Waals surface area contributed by atoms with Crippen molar-refractivity contribution < 1.29 is 28.6 Å². The maximum Gasteiger partial charge on any atom is 0.306 e. The first-order valence-electron chi connectivity index (χ1n) is 29.8. The molecule has 0 rings (SSSR count). The van der Waals surface area contributed by atoms with E-state index in [9.17, 15) is 14.4 Å². The predicted octanol–water partition coefficient (Wildman–Crippen LogP) is 20.4. The third kappa shape index (κ3) is 58.2. The fourth-order valence-corrected chi connectivity index (χ4v) is 7.71. The smallest absolute Gasteiger partial charge is 0.306 e. The number of rotatable bonds is 52. The lowest BCUT2D eigenvalue weighted by atomic mass is 10.1. The zero-order valence-electron chi connectivity index (χ0n) is 47.5. The molecule has 0 aromatic heterocycles. The van der Waals surface area contributed by atoms with Crippen LogP contribution in [0.15, 0.2) is 146 Å². The molecule has 0 aromatic carbocycles. The average Bonchev–Trinajstić information content (AvgIpc) is 3.40. The van der Waals surface area contributed by atoms with Crippen molar-refractivity contribution in [3.8, 4) is 0 Å². The Balaban J connectivity index is 4.25. The third-order valence-electron chi connectivity index (χ3n) is 12.1. The van der Waals surface area contributed by atoms with Crippen LogP contribution in [0.1, 0.15) is 245 Å². The van der Waals surface area contributed by atoms with Gasteiger partial charge in [0.1, 0.15) is 13.2 Å². The molecule has 0 N–H and O–H groups in total. The molecule has 416 valence electrons. The van der Waals surface area contributed by atoms with Crippen LogP contribution in [0, 0.1) is 0 Å². The number of carbonyl (C=O) groups excluding carboxylic acids is 3. The molecule has 0 aliphatic rings. The van der Waals surface area contributed by atoms with E-state index in [0.29, 0.717) is 19.3 Å². The molecule has 0 aromatic rings. The second-order valence-corrected chi connectivity index (χ2v) is 19.1. The zero-order valence-corrected chi connectivity index (χ0v) is 47.5. The van der Waals surface area contributed by atoms with E-state index in [-0.39, 0.29) is 31.6 Å². The van der Waals surface area contributed by atoms with Crippen molar-refractivity contribution in [3.63, 3.8) is 0 Å². The number of hydrogen-bond acceptors (Lipinski definition) is 6. The van der Waals surface area contributed by atoms with Gasteiger partial charge in [0.25, 0.3) is 0 Å². The molecule has 6 heteroatoms. The Kier molecular flexibility index (Phi) is 57.0. The van der Waals surface area contributed by atoms with Crippen LogP contribution >= 0.6 is 0 Å². The average molecular weight is 1020 g/mol. The summed E-state index contributed by atoms with van der Waals surface area (Å²) in [6.45, 7) is 6.31. The van der Waals surface area contributed by atoms with Crippen molar-refractivity contribution in [2.45, 2.75) is 252 Å². The van der Waals surface area contributed by atoms with Crippen LogP contribution in [-0.4, -0.2) is 37.2 Å². The first-order chi connectivity index (χ1) is 36.5. The Labute approximate surface area is 455 Å². The molecule has 0 aliphatic carbocycles. The van der Waals surface area contributed by atoms with E-state index >= 15 is 0 Å². The topological polar surface area (TPSA) is 78.9 Å². The lowest BCUT2D eigenvalue weighted by Gasteiger charge is -2.18. The minimum atomic E-state index is -0.822. The maximum atomic E-state index is 12.8. The Morgan fingerprint density at radius 1 is 0.284 bits per heavy atom. The molecule has 0 fully saturated rings. The molecule has 1 unspecified atom stereocenters. The van der Waals surface area contributed by atoms with Crippen LogP contribution < -0.4 is 0 Å². The fourth-order valence-electron chi connectivity index (χ4n) is 7.71. The summed E-state index contributed by atoms with van der Waals surface area (Å²) in [5.41, 5.74) is 0. The third-order valence-corrected chi connectivity index (χ3v) is 12.1. The molecule has 74 heavy (non-hydrogen) atoms. The van der Waals surface area contributed by atoms with E-state index in [0.717, 1.165) is 122 Å². The lowest BCUT2D eigenvalue weighted by molar-refractivity contribution is -0.166. The summed E-state index contributed by atoms with van der Waals surface area (Å²) in [6, 6.07) is 0. The van der Waals surface area contributed by atoms with Crippen molar-refractivity contribution in [3.05, 3.63) is 146 Å². The first-order valence-corrected chi connectivity index (χ1v) is 29.8. The van der Waals surface area contributed by atoms with Crippen LogP contribution in [0.2, 0.25) is 0 Å². The quantitative estimate of drug-likeness (QED) is 0.0261. The van der Waals surface area contributed by atoms with E-state index in [4.69, 9.17) is 14.2 Å². The standard InChI is InChI=1S/C68H108O6/c1-4-7-10-13-16-19-22-24-25-26-27-28-29-30-31-32-33-34-35-36-37-38-39-40-41-42-43-45-46-49-52-55-58-61-67(70)73-64-65(63-72-66(69)60-57-54-51-48-21-18-15-12-9-6-3)74-68(71)62-59-56-53-50-47-44-23-20-17-14-11-8-5-2/h7-8,10-11,16-17,19-20,24-25,27-28,30-31,33-34,36-37,39-40,44,47,53,56,65H,4-6,9,12-15,18,21-23,26,29,32,35,38,41-43,45-46,48-52,54-55,57-64H2,1-3H3/b10-7-,11-8-,19-16-,20-17-,25-24-,28-27-,31-30-,34-33-,37-36-,40-39-,47-44-,56-53-. The molecular weight excluding hydrogens is 913 g/mol. The van der Waals surface area contributed by atoms with E-state index in [2.05, 4.69) is 154 Å². The molecule has 0 amide bonds. The highest BCUT2D eigenvalue weighted by Gasteiger charge is 2.19. The second-order valence-electron chi connectivity index (χ2n) is 19.1. The zero-order chi connectivity index (χ0) is 53.6. The number of allylic oxidation sites excluding steroid dienone is 24. The van der Waals surface area contributed by atoms with Gasteiger partial charge in [-0.3, -0.25) is 14.4 Å². The molecule has 6 nitrogen and oxygen atoms in total. The van der Waals surface area contributed by atoms with Gasteiger partial charge < -0.3 is 14.2 Å². The Bertz CT molecular complexity index is 1640. The van der Waals surface area contributed by atoms with E-state index in [1.165, 1.54) is 77.0 Å². The molecule has 0 saturated carbocycles. The molecule has 1 atom stereocenters. The summed E-state index contributed by atoms with van der Waals surface area (Å²) in [6.07, 6.45) is 87.3. The minimum Gasteiger partial charge on any atom is -0.462 e. The van der Waals surface area contributed by atoms with Crippen LogP contribution in [0.5, 0.6) is 0 Å². The van der Waals surface area contributed by atoms with Gasteiger partial charge in [-0.15, -0.1) is 0 Å². The number of carbonyl (C=O) groups is 3. The second kappa shape index (κ2) is 60.8. The summed E-state index contributed by atoms with van der Waals surface area (Å²) in [5, 5.41) is 0. The highest BCUT2D eigenvalue weighted by molar-refractivity contribution is 5.71. The summed E-state index contributed by atoms with van der Waals surface area (Å²) in [4.78, 5) is 38.0. The number of ether oxygens (including phenoxy) is 3. The van der Waals surface area contributed by atoms with Gasteiger partial charge in [-0.1, -0.05) is 263 Å². The normalized spacial score (nSPS) is 13.2. The van der Waals surface area contributed by atoms with Crippen LogP contribution in [-0.2, 0) is 28.6 Å². The SMILES string of the molecule is CC/C=C\C/C=C\C/C=C\C/C=C\C/C=C\C/C=C\C/C=C\C/C=C\CCCCCCCCCCC(=O)OCC(COC(=O)CCCCCCCCCCCC)OC(=O)CC/C=C\C/C=C\C/C=C\C/C=C\CC. The van der Waals surface area contributed by atoms with Gasteiger partial charge in [0.05, 0.1) is 0 Å². The van der Waals surface area contributed by atoms with Crippen LogP contribution in [0.3, 0.4) is 0 Å². The molecule has 0 spiro atoms. The monoisotopic (exact) mass is 1020 g/mol. The molecular formula is C68H108O6. The van der Waals surface area contributed by atoms with Crippen LogP contribution in [0.25, 0.3) is 0 Å². The minimum absolute atomic E-state index is 0.112. The predicted molar refractivity (Wildman–Crippen MR) is 320 cm³/mol. The van der Waals surface area contributed by atoms with Crippen molar-refractivity contribution in [2.75, 3.05) is 13.2 Å². The molecule has 0 saturated heterocycles. The maximum absolute atomic E-state index is 12.8. The van der Waals surface area contributed by atoms with Gasteiger partial charge in [0.15, 0.2) is 6.10 Å². The fraction of sp³-hybridized carbons (Fsp3) is 0.603. The Morgan fingerprint density at radius 2 is 0.554 bits per heavy atom. The van der Waals surface area contributed by atoms with Crippen molar-refractivity contribution in [2.24, 2.45) is 0 Å². The summed E-state index contributed by atoms with van der Waals surface area (Å²) >= 11 is 0. The largest absolute Gasteiger partial charge is 0.462 e. The molecule has 0 heterocycles. The molecule has 0 bridgehead atoms. The number of esters is 3. The van der Waals surface area contributed by atoms with Gasteiger partial charge in [-0.2, -0.15) is 0 Å². The lowest BCUT2D eigenvalue weighted by Crippen LogP contribution is -2.30. The highest BCUT2D eigenvalue weighted by Crippen LogP contribution is 2.14. The van der Waals surface area contributed by atoms with Gasteiger partial charge in [-0.05, 0) is 109 Å². The van der Waals surface area contributed by atoms with E-state index in [1.807, 2.05) is 12.2 Å². The van der Waals surface area contributed by atoms with E-state index < -0.39 is 12.1 Å². The van der Waals surface area contributed by atoms with Crippen molar-refractivity contribution in [1.29, 1.82) is 0 Å². The summed E-state index contributed by atoms with van der Waals surface area (Å²) < 4.78 is 16.7. The van der Waals surface area contributed by atoms with Gasteiger partial charge in [0, 0.05) is 19.3 Å². The van der Waals surface area contributed by atoms with Crippen LogP contribution in [0.4, 0.5) is 0 Å². The van der Waals surface area contributed by atoms with Crippen molar-refractivity contribution in [1.82, 2.24) is 0 Å². The molecule has 0 aliphatic heterocycles. The Morgan fingerprint density at radius 3 is 0.878 bits per heavy atom. The van der Waals surface area contributed by atoms with Gasteiger partial charge in [-0.25, -0.2) is 0 Å². The Hall–Kier alpha value is -4.71. The van der Waals surface area contributed by atoms with E-state index in [1.54, 1.807) is 0 Å². The number of unbranched alkanes of at least 4 members (excludes halogenated alkanes) is 17. The summed E-state index contributed by atoms with van der Waals surface area (Å²) in [7, 11) is 0. The first kappa shape index (κ1) is 69.3. The van der Waals surface area contributed by atoms with Gasteiger partial charge >= 0.3 is 17.9 Å². The molecule has 0 radical (unpaired) electrons. The van der Waals surface area contributed by atoms with Gasteiger partial charge in [0.2, 0.25) is 0 Å².